The third kappa shape index (κ3) is 3.15. The van der Waals surface area contributed by atoms with E-state index in [-0.39, 0.29) is 6.10 Å². The second-order valence-corrected chi connectivity index (χ2v) is 6.62. The Morgan fingerprint density at radius 3 is 2.56 bits per heavy atom. The predicted molar refractivity (Wildman–Crippen MR) is 102 cm³/mol. The number of hydrogen-bond donors (Lipinski definition) is 1. The minimum Gasteiger partial charge on any atom is -0.393 e. The molecule has 2 aromatic carbocycles. The molecule has 1 atom stereocenters. The molecule has 0 saturated carbocycles. The highest BCUT2D eigenvalue weighted by molar-refractivity contribution is 5.75. The number of rotatable bonds is 3. The Morgan fingerprint density at radius 2 is 1.80 bits per heavy atom. The number of aliphatic hydroxyl groups is 1. The Labute approximate surface area is 148 Å². The standard InChI is InChI=1S/C22H22N2O/c1-16-15-22(18-7-3-2-4-8-18)24(23-16)21-10-6-5-9-20(21)17-11-13-19(25)14-12-17/h2-11,15,19,25H,12-14H2,1H3. The van der Waals surface area contributed by atoms with E-state index < -0.39 is 0 Å². The molecule has 0 aliphatic heterocycles. The van der Waals surface area contributed by atoms with Gasteiger partial charge in [0.2, 0.25) is 0 Å². The van der Waals surface area contributed by atoms with Gasteiger partial charge < -0.3 is 5.11 Å². The summed E-state index contributed by atoms with van der Waals surface area (Å²) in [4.78, 5) is 0. The lowest BCUT2D eigenvalue weighted by atomic mass is 9.91. The molecule has 1 aliphatic carbocycles. The van der Waals surface area contributed by atoms with Crippen molar-refractivity contribution in [3.63, 3.8) is 0 Å². The van der Waals surface area contributed by atoms with E-state index in [1.54, 1.807) is 0 Å². The van der Waals surface area contributed by atoms with Crippen LogP contribution in [-0.2, 0) is 0 Å². The van der Waals surface area contributed by atoms with Crippen LogP contribution in [0.15, 0.2) is 66.7 Å². The number of aryl methyl sites for hydroxylation is 1. The van der Waals surface area contributed by atoms with Crippen molar-refractivity contribution in [3.8, 4) is 16.9 Å². The van der Waals surface area contributed by atoms with E-state index in [4.69, 9.17) is 5.10 Å². The third-order valence-corrected chi connectivity index (χ3v) is 4.76. The van der Waals surface area contributed by atoms with Crippen LogP contribution >= 0.6 is 0 Å². The summed E-state index contributed by atoms with van der Waals surface area (Å²) in [5.41, 5.74) is 6.86. The molecule has 0 radical (unpaired) electrons. The van der Waals surface area contributed by atoms with Gasteiger partial charge in [0.1, 0.15) is 0 Å². The Hall–Kier alpha value is -2.65. The van der Waals surface area contributed by atoms with Crippen molar-refractivity contribution >= 4 is 5.57 Å². The van der Waals surface area contributed by atoms with E-state index in [2.05, 4.69) is 60.7 Å². The number of aromatic nitrogens is 2. The van der Waals surface area contributed by atoms with Crippen LogP contribution < -0.4 is 0 Å². The summed E-state index contributed by atoms with van der Waals surface area (Å²) in [6.07, 6.45) is 4.42. The molecule has 0 saturated heterocycles. The lowest BCUT2D eigenvalue weighted by Gasteiger charge is -2.20. The fraction of sp³-hybridized carbons (Fsp3) is 0.227. The molecule has 1 N–H and O–H groups in total. The van der Waals surface area contributed by atoms with Crippen molar-refractivity contribution in [3.05, 3.63) is 78.0 Å². The second kappa shape index (κ2) is 6.69. The molecule has 1 aromatic heterocycles. The molecule has 126 valence electrons. The van der Waals surface area contributed by atoms with Crippen molar-refractivity contribution in [1.29, 1.82) is 0 Å². The maximum absolute atomic E-state index is 9.79. The van der Waals surface area contributed by atoms with Gasteiger partial charge >= 0.3 is 0 Å². The van der Waals surface area contributed by atoms with Gasteiger partial charge in [-0.1, -0.05) is 54.6 Å². The lowest BCUT2D eigenvalue weighted by molar-refractivity contribution is 0.166. The smallest absolute Gasteiger partial charge is 0.0743 e. The average Bonchev–Trinajstić information content (AvgIpc) is 3.05. The maximum atomic E-state index is 9.79. The minimum absolute atomic E-state index is 0.206. The highest BCUT2D eigenvalue weighted by atomic mass is 16.3. The van der Waals surface area contributed by atoms with Gasteiger partial charge in [-0.25, -0.2) is 4.68 Å². The van der Waals surface area contributed by atoms with Crippen LogP contribution in [0.2, 0.25) is 0 Å². The van der Waals surface area contributed by atoms with Crippen molar-refractivity contribution in [2.45, 2.75) is 32.3 Å². The molecule has 1 aliphatic rings. The van der Waals surface area contributed by atoms with E-state index in [0.717, 1.165) is 41.9 Å². The first kappa shape index (κ1) is 15.9. The molecule has 3 heteroatoms. The van der Waals surface area contributed by atoms with Crippen molar-refractivity contribution in [2.24, 2.45) is 0 Å². The fourth-order valence-electron chi connectivity index (χ4n) is 3.49. The monoisotopic (exact) mass is 330 g/mol. The summed E-state index contributed by atoms with van der Waals surface area (Å²) in [7, 11) is 0. The summed E-state index contributed by atoms with van der Waals surface area (Å²) in [5, 5.41) is 14.6. The third-order valence-electron chi connectivity index (χ3n) is 4.76. The van der Waals surface area contributed by atoms with Gasteiger partial charge in [-0.05, 0) is 43.9 Å². The number of hydrogen-bond acceptors (Lipinski definition) is 2. The topological polar surface area (TPSA) is 38.0 Å². The molecule has 3 aromatic rings. The molecule has 0 spiro atoms. The summed E-state index contributed by atoms with van der Waals surface area (Å²) in [6.45, 7) is 2.03. The van der Waals surface area contributed by atoms with Crippen LogP contribution in [0, 0.1) is 6.92 Å². The average molecular weight is 330 g/mol. The minimum atomic E-state index is -0.206. The number of benzene rings is 2. The Balaban J connectivity index is 1.85. The molecule has 0 bridgehead atoms. The zero-order chi connectivity index (χ0) is 17.2. The van der Waals surface area contributed by atoms with Gasteiger partial charge in [-0.3, -0.25) is 0 Å². The predicted octanol–water partition coefficient (Wildman–Crippen LogP) is 4.78. The van der Waals surface area contributed by atoms with Gasteiger partial charge in [0, 0.05) is 11.1 Å². The quantitative estimate of drug-likeness (QED) is 0.751. The summed E-state index contributed by atoms with van der Waals surface area (Å²) < 4.78 is 2.05. The first-order valence-corrected chi connectivity index (χ1v) is 8.81. The molecule has 25 heavy (non-hydrogen) atoms. The van der Waals surface area contributed by atoms with Crippen LogP contribution in [0.25, 0.3) is 22.5 Å². The normalized spacial score (nSPS) is 17.4. The van der Waals surface area contributed by atoms with Crippen LogP contribution in [0.1, 0.15) is 30.5 Å². The van der Waals surface area contributed by atoms with Crippen molar-refractivity contribution in [2.75, 3.05) is 0 Å². The lowest BCUT2D eigenvalue weighted by Crippen LogP contribution is -2.11. The van der Waals surface area contributed by atoms with Crippen molar-refractivity contribution in [1.82, 2.24) is 9.78 Å². The van der Waals surface area contributed by atoms with Gasteiger partial charge in [-0.15, -0.1) is 0 Å². The van der Waals surface area contributed by atoms with E-state index in [9.17, 15) is 5.11 Å². The van der Waals surface area contributed by atoms with Gasteiger partial charge in [0.25, 0.3) is 0 Å². The second-order valence-electron chi connectivity index (χ2n) is 6.62. The summed E-state index contributed by atoms with van der Waals surface area (Å²) in [6, 6.07) is 20.9. The van der Waals surface area contributed by atoms with E-state index in [0.29, 0.717) is 0 Å². The Bertz CT molecular complexity index is 909. The SMILES string of the molecule is Cc1cc(-c2ccccc2)n(-c2ccccc2C2=CCC(O)CC2)n1. The molecular weight excluding hydrogens is 308 g/mol. The zero-order valence-corrected chi connectivity index (χ0v) is 14.4. The van der Waals surface area contributed by atoms with Gasteiger partial charge in [0.15, 0.2) is 0 Å². The Morgan fingerprint density at radius 1 is 1.04 bits per heavy atom. The molecule has 4 rings (SSSR count). The number of allylic oxidation sites excluding steroid dienone is 1. The first-order chi connectivity index (χ1) is 12.2. The largest absolute Gasteiger partial charge is 0.393 e. The number of para-hydroxylation sites is 1. The fourth-order valence-corrected chi connectivity index (χ4v) is 3.49. The maximum Gasteiger partial charge on any atom is 0.0743 e. The van der Waals surface area contributed by atoms with Crippen LogP contribution in [0.5, 0.6) is 0 Å². The van der Waals surface area contributed by atoms with Crippen LogP contribution in [0.3, 0.4) is 0 Å². The highest BCUT2D eigenvalue weighted by Crippen LogP contribution is 2.33. The Kier molecular flexibility index (Phi) is 4.24. The van der Waals surface area contributed by atoms with E-state index in [1.165, 1.54) is 11.1 Å². The molecule has 3 nitrogen and oxygen atoms in total. The van der Waals surface area contributed by atoms with E-state index in [1.807, 2.05) is 17.7 Å². The summed E-state index contributed by atoms with van der Waals surface area (Å²) >= 11 is 0. The molecule has 0 fully saturated rings. The molecule has 0 amide bonds. The number of aliphatic hydroxyl groups excluding tert-OH is 1. The summed E-state index contributed by atoms with van der Waals surface area (Å²) in [5.74, 6) is 0. The van der Waals surface area contributed by atoms with Gasteiger partial charge in [-0.2, -0.15) is 5.10 Å². The molecular formula is C22H22N2O. The van der Waals surface area contributed by atoms with Gasteiger partial charge in [0.05, 0.1) is 23.2 Å². The first-order valence-electron chi connectivity index (χ1n) is 8.81. The molecule has 1 unspecified atom stereocenters. The van der Waals surface area contributed by atoms with Crippen LogP contribution in [0.4, 0.5) is 0 Å². The highest BCUT2D eigenvalue weighted by Gasteiger charge is 2.18. The van der Waals surface area contributed by atoms with E-state index >= 15 is 0 Å². The van der Waals surface area contributed by atoms with Crippen LogP contribution in [-0.4, -0.2) is 21.0 Å². The molecule has 1 heterocycles. The van der Waals surface area contributed by atoms with Crippen molar-refractivity contribution < 1.29 is 5.11 Å². The zero-order valence-electron chi connectivity index (χ0n) is 14.4. The number of nitrogens with zero attached hydrogens (tertiary/aromatic N) is 2.